The molecule has 0 spiro atoms. The number of rotatable bonds is 5. The number of hydrogen-bond acceptors (Lipinski definition) is 1. The van der Waals surface area contributed by atoms with Crippen molar-refractivity contribution in [2.24, 2.45) is 0 Å². The van der Waals surface area contributed by atoms with E-state index in [9.17, 15) is 0 Å². The number of benzene rings is 2. The van der Waals surface area contributed by atoms with E-state index in [-0.39, 0.29) is 0 Å². The molecule has 0 radical (unpaired) electrons. The summed E-state index contributed by atoms with van der Waals surface area (Å²) >= 11 is 5.61. The molecule has 0 saturated carbocycles. The Labute approximate surface area is 131 Å². The highest BCUT2D eigenvalue weighted by Crippen LogP contribution is 2.19. The highest BCUT2D eigenvalue weighted by Gasteiger charge is 2.00. The van der Waals surface area contributed by atoms with E-state index in [2.05, 4.69) is 42.2 Å². The maximum Gasteiger partial charge on any atom is 0.122 e. The quantitative estimate of drug-likeness (QED) is 0.579. The van der Waals surface area contributed by atoms with Gasteiger partial charge in [0.25, 0.3) is 0 Å². The van der Waals surface area contributed by atoms with Gasteiger partial charge in [-0.1, -0.05) is 42.2 Å². The predicted molar refractivity (Wildman–Crippen MR) is 89.0 cm³/mol. The van der Waals surface area contributed by atoms with Crippen molar-refractivity contribution in [1.82, 2.24) is 0 Å². The van der Waals surface area contributed by atoms with E-state index < -0.39 is 0 Å². The molecule has 0 amide bonds. The lowest BCUT2D eigenvalue weighted by Crippen LogP contribution is -2.02. The molecule has 0 fully saturated rings. The standard InChI is InChI=1S/C19H19ClO/c1-16-15-18(9-5-6-13-20)10-11-19(16)21-14-12-17-7-3-2-4-8-17/h2-4,7-8,10-11,15H,6,12-14H2,1H3. The van der Waals surface area contributed by atoms with Gasteiger partial charge in [0.2, 0.25) is 0 Å². The fourth-order valence-electron chi connectivity index (χ4n) is 2.02. The minimum atomic E-state index is 0.576. The van der Waals surface area contributed by atoms with Crippen LogP contribution in [0.5, 0.6) is 5.75 Å². The first-order chi connectivity index (χ1) is 10.3. The van der Waals surface area contributed by atoms with Crippen molar-refractivity contribution in [3.63, 3.8) is 0 Å². The minimum Gasteiger partial charge on any atom is -0.493 e. The summed E-state index contributed by atoms with van der Waals surface area (Å²) in [6.07, 6.45) is 1.63. The molecule has 0 unspecified atom stereocenters. The second-order valence-electron chi connectivity index (χ2n) is 4.81. The molecule has 2 heteroatoms. The van der Waals surface area contributed by atoms with Gasteiger partial charge in [-0.25, -0.2) is 0 Å². The maximum absolute atomic E-state index is 5.85. The number of halogens is 1. The largest absolute Gasteiger partial charge is 0.493 e. The van der Waals surface area contributed by atoms with Crippen LogP contribution in [0, 0.1) is 18.8 Å². The molecule has 0 atom stereocenters. The highest BCUT2D eigenvalue weighted by atomic mass is 35.5. The Morgan fingerprint density at radius 3 is 2.62 bits per heavy atom. The van der Waals surface area contributed by atoms with Crippen LogP contribution in [-0.2, 0) is 6.42 Å². The van der Waals surface area contributed by atoms with Gasteiger partial charge in [-0.15, -0.1) is 11.6 Å². The number of ether oxygens (including phenoxy) is 1. The van der Waals surface area contributed by atoms with Crippen LogP contribution in [0.2, 0.25) is 0 Å². The first-order valence-corrected chi connectivity index (χ1v) is 7.65. The molecule has 2 aromatic carbocycles. The highest BCUT2D eigenvalue weighted by molar-refractivity contribution is 6.18. The molecule has 2 rings (SSSR count). The van der Waals surface area contributed by atoms with Crippen molar-refractivity contribution >= 4 is 11.6 Å². The lowest BCUT2D eigenvalue weighted by molar-refractivity contribution is 0.320. The van der Waals surface area contributed by atoms with Gasteiger partial charge in [-0.2, -0.15) is 0 Å². The zero-order valence-electron chi connectivity index (χ0n) is 12.2. The maximum atomic E-state index is 5.85. The van der Waals surface area contributed by atoms with Gasteiger partial charge in [-0.05, 0) is 36.2 Å². The normalized spacial score (nSPS) is 9.81. The monoisotopic (exact) mass is 298 g/mol. The summed E-state index contributed by atoms with van der Waals surface area (Å²) in [5.74, 6) is 7.65. The summed E-state index contributed by atoms with van der Waals surface area (Å²) < 4.78 is 5.85. The lowest BCUT2D eigenvalue weighted by atomic mass is 10.1. The van der Waals surface area contributed by atoms with Crippen molar-refractivity contribution in [2.45, 2.75) is 19.8 Å². The minimum absolute atomic E-state index is 0.576. The molecule has 0 saturated heterocycles. The molecule has 0 aliphatic rings. The average Bonchev–Trinajstić information content (AvgIpc) is 2.51. The molecule has 0 aliphatic carbocycles. The molecule has 0 bridgehead atoms. The van der Waals surface area contributed by atoms with Crippen LogP contribution in [0.3, 0.4) is 0 Å². The fourth-order valence-corrected chi connectivity index (χ4v) is 2.12. The molecule has 0 heterocycles. The van der Waals surface area contributed by atoms with Crippen molar-refractivity contribution < 1.29 is 4.74 Å². The Balaban J connectivity index is 1.91. The summed E-state index contributed by atoms with van der Waals surface area (Å²) in [5, 5.41) is 0. The molecule has 2 aromatic rings. The van der Waals surface area contributed by atoms with Gasteiger partial charge in [0.15, 0.2) is 0 Å². The van der Waals surface area contributed by atoms with Crippen LogP contribution in [0.1, 0.15) is 23.1 Å². The van der Waals surface area contributed by atoms with Crippen molar-refractivity contribution in [3.8, 4) is 17.6 Å². The van der Waals surface area contributed by atoms with E-state index in [1.807, 2.05) is 25.1 Å². The first kappa shape index (κ1) is 15.5. The van der Waals surface area contributed by atoms with Crippen LogP contribution in [0.25, 0.3) is 0 Å². The average molecular weight is 299 g/mol. The van der Waals surface area contributed by atoms with Crippen LogP contribution in [0.15, 0.2) is 48.5 Å². The van der Waals surface area contributed by atoms with Crippen molar-refractivity contribution in [2.75, 3.05) is 12.5 Å². The van der Waals surface area contributed by atoms with Gasteiger partial charge in [-0.3, -0.25) is 0 Å². The third kappa shape index (κ3) is 5.17. The molecular weight excluding hydrogens is 280 g/mol. The van der Waals surface area contributed by atoms with Gasteiger partial charge >= 0.3 is 0 Å². The summed E-state index contributed by atoms with van der Waals surface area (Å²) in [5.41, 5.74) is 3.41. The van der Waals surface area contributed by atoms with E-state index in [1.54, 1.807) is 0 Å². The third-order valence-electron chi connectivity index (χ3n) is 3.12. The SMILES string of the molecule is Cc1cc(C#CCCCl)ccc1OCCc1ccccc1. The van der Waals surface area contributed by atoms with Crippen molar-refractivity contribution in [1.29, 1.82) is 0 Å². The molecule has 108 valence electrons. The van der Waals surface area contributed by atoms with Crippen LogP contribution in [0.4, 0.5) is 0 Å². The Hall–Kier alpha value is -1.91. The van der Waals surface area contributed by atoms with E-state index in [0.29, 0.717) is 12.5 Å². The molecule has 0 N–H and O–H groups in total. The molecular formula is C19H19ClO. The summed E-state index contributed by atoms with van der Waals surface area (Å²) in [6.45, 7) is 2.73. The second-order valence-corrected chi connectivity index (χ2v) is 5.18. The van der Waals surface area contributed by atoms with Gasteiger partial charge in [0, 0.05) is 24.3 Å². The zero-order chi connectivity index (χ0) is 14.9. The Kier molecular flexibility index (Phi) is 6.19. The smallest absolute Gasteiger partial charge is 0.122 e. The van der Waals surface area contributed by atoms with E-state index in [4.69, 9.17) is 16.3 Å². The topological polar surface area (TPSA) is 9.23 Å². The molecule has 21 heavy (non-hydrogen) atoms. The molecule has 0 aliphatic heterocycles. The van der Waals surface area contributed by atoms with Crippen LogP contribution < -0.4 is 4.74 Å². The first-order valence-electron chi connectivity index (χ1n) is 7.12. The van der Waals surface area contributed by atoms with Crippen LogP contribution in [-0.4, -0.2) is 12.5 Å². The number of aryl methyl sites for hydroxylation is 1. The Bertz CT molecular complexity index is 623. The van der Waals surface area contributed by atoms with Crippen LogP contribution >= 0.6 is 11.6 Å². The van der Waals surface area contributed by atoms with E-state index in [1.165, 1.54) is 5.56 Å². The van der Waals surface area contributed by atoms with Crippen molar-refractivity contribution in [3.05, 3.63) is 65.2 Å². The Morgan fingerprint density at radius 2 is 1.90 bits per heavy atom. The van der Waals surface area contributed by atoms with E-state index >= 15 is 0 Å². The summed E-state index contributed by atoms with van der Waals surface area (Å²) in [6, 6.07) is 16.4. The van der Waals surface area contributed by atoms with Gasteiger partial charge < -0.3 is 4.74 Å². The molecule has 1 nitrogen and oxygen atoms in total. The Morgan fingerprint density at radius 1 is 1.10 bits per heavy atom. The summed E-state index contributed by atoms with van der Waals surface area (Å²) in [7, 11) is 0. The van der Waals surface area contributed by atoms with Gasteiger partial charge in [0.1, 0.15) is 5.75 Å². The fraction of sp³-hybridized carbons (Fsp3) is 0.263. The number of hydrogen-bond donors (Lipinski definition) is 0. The third-order valence-corrected chi connectivity index (χ3v) is 3.31. The van der Waals surface area contributed by atoms with E-state index in [0.717, 1.165) is 29.7 Å². The predicted octanol–water partition coefficient (Wildman–Crippen LogP) is 4.60. The second kappa shape index (κ2) is 8.39. The summed E-state index contributed by atoms with van der Waals surface area (Å²) in [4.78, 5) is 0. The van der Waals surface area contributed by atoms with Gasteiger partial charge in [0.05, 0.1) is 6.61 Å². The zero-order valence-corrected chi connectivity index (χ0v) is 13.0. The lowest BCUT2D eigenvalue weighted by Gasteiger charge is -2.09. The molecule has 0 aromatic heterocycles. The number of alkyl halides is 1.